The monoisotopic (exact) mass is 322 g/mol. The minimum atomic E-state index is -0.562. The summed E-state index contributed by atoms with van der Waals surface area (Å²) in [4.78, 5) is 26.1. The first-order valence-electron chi connectivity index (χ1n) is 7.21. The number of ether oxygens (including phenoxy) is 1. The van der Waals surface area contributed by atoms with Gasteiger partial charge >= 0.3 is 12.0 Å². The van der Waals surface area contributed by atoms with E-state index in [-0.39, 0.29) is 12.6 Å². The second kappa shape index (κ2) is 6.83. The lowest BCUT2D eigenvalue weighted by Crippen LogP contribution is -2.47. The van der Waals surface area contributed by atoms with Crippen LogP contribution in [0.5, 0.6) is 0 Å². The van der Waals surface area contributed by atoms with Crippen molar-refractivity contribution in [3.63, 3.8) is 0 Å². The van der Waals surface area contributed by atoms with E-state index >= 15 is 0 Å². The first-order valence-corrected chi connectivity index (χ1v) is 7.58. The van der Waals surface area contributed by atoms with E-state index in [2.05, 4.69) is 5.32 Å². The molecule has 1 aromatic carbocycles. The van der Waals surface area contributed by atoms with Crippen LogP contribution in [-0.2, 0) is 9.53 Å². The second-order valence-corrected chi connectivity index (χ2v) is 5.34. The van der Waals surface area contributed by atoms with Crippen molar-refractivity contribution in [3.8, 4) is 0 Å². The Morgan fingerprint density at radius 2 is 2.14 bits per heavy atom. The number of urea groups is 1. The Hall–Kier alpha value is -2.01. The number of allylic oxidation sites excluding steroid dienone is 1. The van der Waals surface area contributed by atoms with E-state index in [4.69, 9.17) is 16.3 Å². The third kappa shape index (κ3) is 3.09. The second-order valence-electron chi connectivity index (χ2n) is 4.90. The van der Waals surface area contributed by atoms with Crippen LogP contribution in [-0.4, -0.2) is 30.1 Å². The predicted molar refractivity (Wildman–Crippen MR) is 84.4 cm³/mol. The fourth-order valence-electron chi connectivity index (χ4n) is 2.57. The molecule has 1 atom stereocenters. The third-order valence-corrected chi connectivity index (χ3v) is 3.82. The van der Waals surface area contributed by atoms with Crippen molar-refractivity contribution in [2.24, 2.45) is 0 Å². The number of nitrogens with zero attached hydrogens (tertiary/aromatic N) is 1. The zero-order valence-electron chi connectivity index (χ0n) is 12.9. The normalized spacial score (nSPS) is 18.3. The van der Waals surface area contributed by atoms with Gasteiger partial charge < -0.3 is 10.1 Å². The van der Waals surface area contributed by atoms with E-state index in [0.29, 0.717) is 22.8 Å². The highest BCUT2D eigenvalue weighted by atomic mass is 35.5. The summed E-state index contributed by atoms with van der Waals surface area (Å²) in [7, 11) is 0. The molecule has 2 rings (SSSR count). The van der Waals surface area contributed by atoms with Crippen molar-refractivity contribution >= 4 is 23.6 Å². The van der Waals surface area contributed by atoms with Gasteiger partial charge in [0.05, 0.1) is 18.2 Å². The summed E-state index contributed by atoms with van der Waals surface area (Å²) < 4.78 is 5.15. The molecule has 0 saturated carbocycles. The molecule has 1 aliphatic rings. The number of benzene rings is 1. The molecule has 22 heavy (non-hydrogen) atoms. The Morgan fingerprint density at radius 1 is 1.41 bits per heavy atom. The van der Waals surface area contributed by atoms with Gasteiger partial charge in [-0.2, -0.15) is 0 Å². The Kier molecular flexibility index (Phi) is 5.08. The molecule has 5 nitrogen and oxygen atoms in total. The number of esters is 1. The zero-order valence-corrected chi connectivity index (χ0v) is 13.6. The molecule has 0 aliphatic carbocycles. The molecule has 0 bridgehead atoms. The van der Waals surface area contributed by atoms with E-state index in [1.54, 1.807) is 32.0 Å². The summed E-state index contributed by atoms with van der Waals surface area (Å²) in [5.41, 5.74) is 1.79. The predicted octanol–water partition coefficient (Wildman–Crippen LogP) is 3.26. The number of nitrogens with one attached hydrogen (secondary N) is 1. The molecule has 0 radical (unpaired) electrons. The SMILES string of the molecule is CCOC(=O)C1=C(C)N(CC)C(=O)NC1c1cccc(Cl)c1. The molecule has 2 amide bonds. The van der Waals surface area contributed by atoms with Gasteiger partial charge in [-0.15, -0.1) is 0 Å². The minimum absolute atomic E-state index is 0.238. The Bertz CT molecular complexity index is 628. The molecule has 1 N–H and O–H groups in total. The van der Waals surface area contributed by atoms with E-state index in [9.17, 15) is 9.59 Å². The first kappa shape index (κ1) is 16.4. The first-order chi connectivity index (χ1) is 10.5. The molecule has 1 aliphatic heterocycles. The Labute approximate surface area is 134 Å². The number of carbonyl (C=O) groups excluding carboxylic acids is 2. The van der Waals surface area contributed by atoms with Gasteiger partial charge in [-0.25, -0.2) is 9.59 Å². The summed E-state index contributed by atoms with van der Waals surface area (Å²) in [5, 5.41) is 3.40. The Balaban J connectivity index is 2.53. The van der Waals surface area contributed by atoms with Crippen LogP contribution >= 0.6 is 11.6 Å². The summed E-state index contributed by atoms with van der Waals surface area (Å²) in [6, 6.07) is 6.29. The van der Waals surface area contributed by atoms with Crippen molar-refractivity contribution in [2.45, 2.75) is 26.8 Å². The molecule has 0 aromatic heterocycles. The molecular weight excluding hydrogens is 304 g/mol. The number of amides is 2. The maximum atomic E-state index is 12.4. The Morgan fingerprint density at radius 3 is 2.73 bits per heavy atom. The van der Waals surface area contributed by atoms with Gasteiger partial charge in [-0.1, -0.05) is 23.7 Å². The van der Waals surface area contributed by atoms with Crippen LogP contribution in [0.1, 0.15) is 32.4 Å². The maximum Gasteiger partial charge on any atom is 0.338 e. The van der Waals surface area contributed by atoms with Crippen LogP contribution in [0.4, 0.5) is 4.79 Å². The van der Waals surface area contributed by atoms with Crippen LogP contribution in [0.3, 0.4) is 0 Å². The van der Waals surface area contributed by atoms with Crippen molar-refractivity contribution in [3.05, 3.63) is 46.1 Å². The highest BCUT2D eigenvalue weighted by molar-refractivity contribution is 6.30. The highest BCUT2D eigenvalue weighted by Gasteiger charge is 2.35. The molecule has 6 heteroatoms. The summed E-state index contributed by atoms with van der Waals surface area (Å²) >= 11 is 6.03. The smallest absolute Gasteiger partial charge is 0.338 e. The van der Waals surface area contributed by atoms with Gasteiger partial charge in [0.2, 0.25) is 0 Å². The van der Waals surface area contributed by atoms with Crippen molar-refractivity contribution in [1.82, 2.24) is 10.2 Å². The van der Waals surface area contributed by atoms with Crippen LogP contribution < -0.4 is 5.32 Å². The largest absolute Gasteiger partial charge is 0.463 e. The van der Waals surface area contributed by atoms with E-state index in [1.165, 1.54) is 4.90 Å². The molecule has 1 heterocycles. The van der Waals surface area contributed by atoms with E-state index in [0.717, 1.165) is 5.56 Å². The van der Waals surface area contributed by atoms with Crippen molar-refractivity contribution < 1.29 is 14.3 Å². The topological polar surface area (TPSA) is 58.6 Å². The molecule has 118 valence electrons. The minimum Gasteiger partial charge on any atom is -0.463 e. The molecule has 1 unspecified atom stereocenters. The lowest BCUT2D eigenvalue weighted by Gasteiger charge is -2.34. The van der Waals surface area contributed by atoms with Crippen LogP contribution in [0.2, 0.25) is 5.02 Å². The molecule has 0 fully saturated rings. The zero-order chi connectivity index (χ0) is 16.3. The summed E-state index contributed by atoms with van der Waals surface area (Å²) in [5.74, 6) is -0.427. The van der Waals surface area contributed by atoms with Gasteiger partial charge in [0.25, 0.3) is 0 Å². The van der Waals surface area contributed by atoms with E-state index in [1.807, 2.05) is 13.0 Å². The standard InChI is InChI=1S/C16H19ClN2O3/c1-4-19-10(3)13(15(20)22-5-2)14(18-16(19)21)11-7-6-8-12(17)9-11/h6-9,14H,4-5H2,1-3H3,(H,18,21). The van der Waals surface area contributed by atoms with Gasteiger partial charge in [0.1, 0.15) is 0 Å². The number of hydrogen-bond donors (Lipinski definition) is 1. The average molecular weight is 323 g/mol. The van der Waals surface area contributed by atoms with Gasteiger partial charge in [0.15, 0.2) is 0 Å². The van der Waals surface area contributed by atoms with Gasteiger partial charge in [0, 0.05) is 17.3 Å². The quantitative estimate of drug-likeness (QED) is 0.866. The van der Waals surface area contributed by atoms with Crippen molar-refractivity contribution in [1.29, 1.82) is 0 Å². The fourth-order valence-corrected chi connectivity index (χ4v) is 2.77. The van der Waals surface area contributed by atoms with Crippen LogP contribution in [0, 0.1) is 0 Å². The van der Waals surface area contributed by atoms with Crippen LogP contribution in [0.25, 0.3) is 0 Å². The summed E-state index contributed by atoms with van der Waals surface area (Å²) in [6.45, 7) is 6.11. The van der Waals surface area contributed by atoms with Gasteiger partial charge in [-0.3, -0.25) is 4.90 Å². The lowest BCUT2D eigenvalue weighted by molar-refractivity contribution is -0.139. The number of hydrogen-bond acceptors (Lipinski definition) is 3. The molecule has 0 spiro atoms. The molecule has 0 saturated heterocycles. The average Bonchev–Trinajstić information content (AvgIpc) is 2.47. The summed E-state index contributed by atoms with van der Waals surface area (Å²) in [6.07, 6.45) is 0. The highest BCUT2D eigenvalue weighted by Crippen LogP contribution is 2.32. The fraction of sp³-hybridized carbons (Fsp3) is 0.375. The number of rotatable bonds is 4. The number of halogens is 1. The van der Waals surface area contributed by atoms with Gasteiger partial charge in [-0.05, 0) is 38.5 Å². The third-order valence-electron chi connectivity index (χ3n) is 3.59. The van der Waals surface area contributed by atoms with Crippen LogP contribution in [0.15, 0.2) is 35.5 Å². The number of carbonyl (C=O) groups is 2. The van der Waals surface area contributed by atoms with Crippen molar-refractivity contribution in [2.75, 3.05) is 13.2 Å². The molecule has 1 aromatic rings. The molecular formula is C16H19ClN2O3. The maximum absolute atomic E-state index is 12.4. The van der Waals surface area contributed by atoms with E-state index < -0.39 is 12.0 Å². The lowest BCUT2D eigenvalue weighted by atomic mass is 9.95.